The van der Waals surface area contributed by atoms with Crippen LogP contribution in [0.2, 0.25) is 0 Å². The number of H-pyrrole nitrogens is 1. The van der Waals surface area contributed by atoms with E-state index in [0.29, 0.717) is 12.5 Å². The number of aromatic amines is 1. The van der Waals surface area contributed by atoms with E-state index < -0.39 is 6.10 Å². The van der Waals surface area contributed by atoms with Crippen molar-refractivity contribution >= 4 is 11.0 Å². The zero-order chi connectivity index (χ0) is 13.9. The minimum Gasteiger partial charge on any atom is -0.387 e. The molecule has 1 atom stereocenters. The Kier molecular flexibility index (Phi) is 4.03. The molecule has 1 heterocycles. The smallest absolute Gasteiger partial charge is 0.110 e. The molecule has 1 fully saturated rings. The molecule has 1 aromatic heterocycles. The summed E-state index contributed by atoms with van der Waals surface area (Å²) >= 11 is 0. The van der Waals surface area contributed by atoms with E-state index >= 15 is 0 Å². The lowest BCUT2D eigenvalue weighted by atomic mass is 9.89. The molecule has 0 saturated heterocycles. The second-order valence-corrected chi connectivity index (χ2v) is 5.81. The molecule has 0 aliphatic heterocycles. The maximum atomic E-state index is 10.0. The van der Waals surface area contributed by atoms with Crippen LogP contribution < -0.4 is 5.32 Å². The van der Waals surface area contributed by atoms with Crippen LogP contribution in [-0.4, -0.2) is 28.7 Å². The van der Waals surface area contributed by atoms with E-state index in [-0.39, 0.29) is 0 Å². The second-order valence-electron chi connectivity index (χ2n) is 5.81. The molecule has 1 saturated carbocycles. The number of benzene rings is 1. The number of hydrogen-bond acceptors (Lipinski definition) is 3. The molecule has 108 valence electrons. The van der Waals surface area contributed by atoms with E-state index in [1.54, 1.807) is 0 Å². The van der Waals surface area contributed by atoms with Gasteiger partial charge in [0.1, 0.15) is 5.82 Å². The van der Waals surface area contributed by atoms with Gasteiger partial charge in [0.25, 0.3) is 0 Å². The van der Waals surface area contributed by atoms with Gasteiger partial charge in [0.15, 0.2) is 0 Å². The zero-order valence-corrected chi connectivity index (χ0v) is 12.0. The summed E-state index contributed by atoms with van der Waals surface area (Å²) in [5.74, 6) is 1.71. The Morgan fingerprint density at radius 2 is 2.15 bits per heavy atom. The number of imidazole rings is 1. The van der Waals surface area contributed by atoms with Crippen LogP contribution in [0.25, 0.3) is 11.0 Å². The fraction of sp³-hybridized carbons (Fsp3) is 0.562. The molecule has 0 amide bonds. The summed E-state index contributed by atoms with van der Waals surface area (Å²) in [5.41, 5.74) is 2.98. The quantitative estimate of drug-likeness (QED) is 0.802. The summed E-state index contributed by atoms with van der Waals surface area (Å²) in [4.78, 5) is 8.19. The first-order valence-corrected chi connectivity index (χ1v) is 7.60. The molecule has 1 aliphatic rings. The van der Waals surface area contributed by atoms with E-state index in [9.17, 15) is 5.11 Å². The normalized spacial score (nSPS) is 18.5. The molecule has 1 unspecified atom stereocenters. The third-order valence-corrected chi connectivity index (χ3v) is 4.30. The lowest BCUT2D eigenvalue weighted by Crippen LogP contribution is -2.16. The van der Waals surface area contributed by atoms with Gasteiger partial charge in [-0.05, 0) is 37.6 Å². The summed E-state index contributed by atoms with van der Waals surface area (Å²) in [6, 6.07) is 6.00. The van der Waals surface area contributed by atoms with Crippen LogP contribution in [0.15, 0.2) is 18.2 Å². The van der Waals surface area contributed by atoms with Gasteiger partial charge in [-0.1, -0.05) is 25.3 Å². The predicted octanol–water partition coefficient (Wildman–Crippen LogP) is 2.86. The molecule has 1 aliphatic carbocycles. The minimum atomic E-state index is -0.467. The number of aliphatic hydroxyl groups excluding tert-OH is 1. The van der Waals surface area contributed by atoms with Crippen molar-refractivity contribution < 1.29 is 5.11 Å². The second kappa shape index (κ2) is 5.94. The van der Waals surface area contributed by atoms with Gasteiger partial charge in [-0.3, -0.25) is 0 Å². The molecule has 1 aromatic carbocycles. The van der Waals surface area contributed by atoms with Crippen molar-refractivity contribution in [3.05, 3.63) is 29.6 Å². The zero-order valence-electron chi connectivity index (χ0n) is 12.0. The molecule has 3 rings (SSSR count). The topological polar surface area (TPSA) is 60.9 Å². The molecular formula is C16H23N3O. The van der Waals surface area contributed by atoms with Gasteiger partial charge >= 0.3 is 0 Å². The van der Waals surface area contributed by atoms with Crippen molar-refractivity contribution in [1.29, 1.82) is 0 Å². The summed E-state index contributed by atoms with van der Waals surface area (Å²) in [7, 11) is 1.85. The number of aromatic nitrogens is 2. The van der Waals surface area contributed by atoms with Crippen LogP contribution in [0.1, 0.15) is 55.5 Å². The molecule has 3 N–H and O–H groups in total. The molecular weight excluding hydrogens is 250 g/mol. The number of likely N-dealkylation sites (N-methyl/N-ethyl adjacent to an activating group) is 1. The highest BCUT2D eigenvalue weighted by molar-refractivity contribution is 5.76. The number of hydrogen-bond donors (Lipinski definition) is 3. The molecule has 4 nitrogen and oxygen atoms in total. The third kappa shape index (κ3) is 2.72. The Balaban J connectivity index is 1.86. The van der Waals surface area contributed by atoms with Crippen molar-refractivity contribution in [2.75, 3.05) is 13.6 Å². The van der Waals surface area contributed by atoms with Gasteiger partial charge < -0.3 is 15.4 Å². The average molecular weight is 273 g/mol. The fourth-order valence-corrected chi connectivity index (χ4v) is 3.13. The minimum absolute atomic E-state index is 0.467. The summed E-state index contributed by atoms with van der Waals surface area (Å²) in [6.45, 7) is 0.565. The Hall–Kier alpha value is -1.39. The standard InChI is InChI=1S/C16H23N3O/c1-17-10-15(20)12-7-8-13-14(9-12)19-16(18-13)11-5-3-2-4-6-11/h7-9,11,15,17,20H,2-6,10H2,1H3,(H,18,19). The molecule has 4 heteroatoms. The Morgan fingerprint density at radius 3 is 2.90 bits per heavy atom. The highest BCUT2D eigenvalue weighted by Gasteiger charge is 2.19. The largest absolute Gasteiger partial charge is 0.387 e. The monoisotopic (exact) mass is 273 g/mol. The van der Waals surface area contributed by atoms with Crippen LogP contribution in [0, 0.1) is 0 Å². The van der Waals surface area contributed by atoms with Crippen LogP contribution in [0.5, 0.6) is 0 Å². The SMILES string of the molecule is CNCC(O)c1ccc2nc(C3CCCCC3)[nH]c2c1. The predicted molar refractivity (Wildman–Crippen MR) is 80.8 cm³/mol. The fourth-order valence-electron chi connectivity index (χ4n) is 3.13. The first kappa shape index (κ1) is 13.6. The molecule has 20 heavy (non-hydrogen) atoms. The Bertz CT molecular complexity index is 572. The Morgan fingerprint density at radius 1 is 1.35 bits per heavy atom. The molecule has 0 bridgehead atoms. The Labute approximate surface area is 119 Å². The highest BCUT2D eigenvalue weighted by Crippen LogP contribution is 2.32. The van der Waals surface area contributed by atoms with Crippen molar-refractivity contribution in [3.8, 4) is 0 Å². The summed E-state index contributed by atoms with van der Waals surface area (Å²) in [5, 5.41) is 13.0. The van der Waals surface area contributed by atoms with Crippen LogP contribution in [0.4, 0.5) is 0 Å². The third-order valence-electron chi connectivity index (χ3n) is 4.30. The number of nitrogens with one attached hydrogen (secondary N) is 2. The summed E-state index contributed by atoms with van der Waals surface area (Å²) < 4.78 is 0. The van der Waals surface area contributed by atoms with Gasteiger partial charge in [-0.2, -0.15) is 0 Å². The van der Waals surface area contributed by atoms with E-state index in [4.69, 9.17) is 4.98 Å². The first-order valence-electron chi connectivity index (χ1n) is 7.60. The maximum absolute atomic E-state index is 10.0. The molecule has 0 radical (unpaired) electrons. The number of fused-ring (bicyclic) bond motifs is 1. The van der Waals surface area contributed by atoms with Gasteiger partial charge in [0.2, 0.25) is 0 Å². The number of rotatable bonds is 4. The highest BCUT2D eigenvalue weighted by atomic mass is 16.3. The molecule has 2 aromatic rings. The van der Waals surface area contributed by atoms with Crippen molar-refractivity contribution in [3.63, 3.8) is 0 Å². The van der Waals surface area contributed by atoms with E-state index in [0.717, 1.165) is 22.4 Å². The van der Waals surface area contributed by atoms with Crippen LogP contribution in [0.3, 0.4) is 0 Å². The van der Waals surface area contributed by atoms with Crippen molar-refractivity contribution in [2.45, 2.75) is 44.1 Å². The van der Waals surface area contributed by atoms with Gasteiger partial charge in [0.05, 0.1) is 17.1 Å². The average Bonchev–Trinajstić information content (AvgIpc) is 2.91. The van der Waals surface area contributed by atoms with Gasteiger partial charge in [0, 0.05) is 12.5 Å². The summed E-state index contributed by atoms with van der Waals surface area (Å²) in [6.07, 6.45) is 6.01. The van der Waals surface area contributed by atoms with Gasteiger partial charge in [-0.25, -0.2) is 4.98 Å². The molecule has 0 spiro atoms. The van der Waals surface area contributed by atoms with Crippen LogP contribution >= 0.6 is 0 Å². The van der Waals surface area contributed by atoms with Crippen molar-refractivity contribution in [1.82, 2.24) is 15.3 Å². The first-order chi connectivity index (χ1) is 9.78. The lowest BCUT2D eigenvalue weighted by Gasteiger charge is -2.18. The van der Waals surface area contributed by atoms with Gasteiger partial charge in [-0.15, -0.1) is 0 Å². The lowest BCUT2D eigenvalue weighted by molar-refractivity contribution is 0.178. The van der Waals surface area contributed by atoms with Crippen LogP contribution in [-0.2, 0) is 0 Å². The number of aliphatic hydroxyl groups is 1. The van der Waals surface area contributed by atoms with E-state index in [2.05, 4.69) is 10.3 Å². The van der Waals surface area contributed by atoms with E-state index in [1.807, 2.05) is 25.2 Å². The van der Waals surface area contributed by atoms with E-state index in [1.165, 1.54) is 32.1 Å². The maximum Gasteiger partial charge on any atom is 0.110 e. The van der Waals surface area contributed by atoms with Crippen molar-refractivity contribution in [2.24, 2.45) is 0 Å². The number of nitrogens with zero attached hydrogens (tertiary/aromatic N) is 1.